The van der Waals surface area contributed by atoms with Crippen LogP contribution in [0.3, 0.4) is 0 Å². The fraction of sp³-hybridized carbons (Fsp3) is 0.158. The molecule has 0 bridgehead atoms. The Balaban J connectivity index is 1.65. The Morgan fingerprint density at radius 2 is 1.93 bits per heavy atom. The number of carbonyl (C=O) groups excluding carboxylic acids is 1. The summed E-state index contributed by atoms with van der Waals surface area (Å²) >= 11 is 0. The van der Waals surface area contributed by atoms with Crippen molar-refractivity contribution in [1.82, 2.24) is 29.7 Å². The Morgan fingerprint density at radius 3 is 2.61 bits per heavy atom. The molecule has 9 nitrogen and oxygen atoms in total. The predicted molar refractivity (Wildman–Crippen MR) is 101 cm³/mol. The van der Waals surface area contributed by atoms with Gasteiger partial charge in [0.2, 0.25) is 5.82 Å². The zero-order valence-corrected chi connectivity index (χ0v) is 15.4. The monoisotopic (exact) mass is 375 g/mol. The Labute approximate surface area is 160 Å². The van der Waals surface area contributed by atoms with E-state index in [0.29, 0.717) is 35.3 Å². The summed E-state index contributed by atoms with van der Waals surface area (Å²) in [5, 5.41) is 3.99. The molecule has 0 radical (unpaired) electrons. The summed E-state index contributed by atoms with van der Waals surface area (Å²) in [5.74, 6) is 0.881. The van der Waals surface area contributed by atoms with E-state index in [1.807, 2.05) is 19.1 Å². The van der Waals surface area contributed by atoms with Gasteiger partial charge in [-0.3, -0.25) is 14.8 Å². The van der Waals surface area contributed by atoms with Gasteiger partial charge < -0.3 is 14.0 Å². The number of anilines is 1. The fourth-order valence-corrected chi connectivity index (χ4v) is 2.83. The van der Waals surface area contributed by atoms with Crippen LogP contribution in [0.25, 0.3) is 23.1 Å². The largest absolute Gasteiger partial charge is 0.333 e. The molecule has 28 heavy (non-hydrogen) atoms. The van der Waals surface area contributed by atoms with Gasteiger partial charge in [0.05, 0.1) is 23.6 Å². The molecule has 1 amide bonds. The molecule has 4 heterocycles. The van der Waals surface area contributed by atoms with E-state index in [4.69, 9.17) is 4.52 Å². The molecule has 0 fully saturated rings. The summed E-state index contributed by atoms with van der Waals surface area (Å²) in [5.41, 5.74) is 1.84. The third kappa shape index (κ3) is 3.13. The molecule has 4 rings (SSSR count). The van der Waals surface area contributed by atoms with Crippen LogP contribution < -0.4 is 4.90 Å². The average molecular weight is 375 g/mol. The second-order valence-corrected chi connectivity index (χ2v) is 5.95. The first-order chi connectivity index (χ1) is 13.7. The molecule has 140 valence electrons. The molecule has 0 spiro atoms. The molecular formula is C19H17N7O2. The average Bonchev–Trinajstić information content (AvgIpc) is 3.37. The first-order valence-electron chi connectivity index (χ1n) is 8.67. The Bertz CT molecular complexity index is 1090. The van der Waals surface area contributed by atoms with E-state index in [1.165, 1.54) is 6.20 Å². The number of hydrogen-bond acceptors (Lipinski definition) is 7. The highest BCUT2D eigenvalue weighted by Gasteiger charge is 2.23. The number of amides is 1. The maximum absolute atomic E-state index is 13.0. The van der Waals surface area contributed by atoms with E-state index in [-0.39, 0.29) is 5.91 Å². The summed E-state index contributed by atoms with van der Waals surface area (Å²) in [4.78, 5) is 31.5. The fourth-order valence-electron chi connectivity index (χ4n) is 2.83. The summed E-state index contributed by atoms with van der Waals surface area (Å²) in [6.45, 7) is 2.40. The molecule has 9 heteroatoms. The lowest BCUT2D eigenvalue weighted by atomic mass is 10.3. The Hall–Kier alpha value is -3.88. The van der Waals surface area contributed by atoms with Crippen molar-refractivity contribution in [3.63, 3.8) is 0 Å². The highest BCUT2D eigenvalue weighted by molar-refractivity contribution is 6.05. The number of imidazole rings is 1. The minimum atomic E-state index is -0.187. The Morgan fingerprint density at radius 1 is 1.14 bits per heavy atom. The lowest BCUT2D eigenvalue weighted by molar-refractivity contribution is 0.0980. The second kappa shape index (κ2) is 7.39. The van der Waals surface area contributed by atoms with Gasteiger partial charge in [-0.2, -0.15) is 4.98 Å². The molecule has 0 aliphatic rings. The molecule has 4 aromatic rings. The van der Waals surface area contributed by atoms with E-state index >= 15 is 0 Å². The van der Waals surface area contributed by atoms with Gasteiger partial charge in [0.25, 0.3) is 11.8 Å². The molecule has 0 saturated carbocycles. The van der Waals surface area contributed by atoms with E-state index in [1.54, 1.807) is 53.4 Å². The number of carbonyl (C=O) groups is 1. The zero-order chi connectivity index (χ0) is 19.5. The minimum absolute atomic E-state index is 0.187. The van der Waals surface area contributed by atoms with Crippen molar-refractivity contribution in [2.24, 2.45) is 7.05 Å². The quantitative estimate of drug-likeness (QED) is 0.528. The number of nitrogens with zero attached hydrogens (tertiary/aromatic N) is 7. The maximum Gasteiger partial charge on any atom is 0.276 e. The van der Waals surface area contributed by atoms with Crippen molar-refractivity contribution in [2.75, 3.05) is 11.4 Å². The van der Waals surface area contributed by atoms with Crippen LogP contribution in [0.4, 0.5) is 5.69 Å². The molecule has 0 unspecified atom stereocenters. The molecule has 4 aromatic heterocycles. The van der Waals surface area contributed by atoms with Crippen molar-refractivity contribution in [3.8, 4) is 23.1 Å². The summed E-state index contributed by atoms with van der Waals surface area (Å²) in [6, 6.07) is 7.24. The summed E-state index contributed by atoms with van der Waals surface area (Å²) in [7, 11) is 1.74. The topological polar surface area (TPSA) is 103 Å². The lowest BCUT2D eigenvalue weighted by Gasteiger charge is -2.20. The maximum atomic E-state index is 13.0. The van der Waals surface area contributed by atoms with Crippen LogP contribution in [0, 0.1) is 0 Å². The van der Waals surface area contributed by atoms with Gasteiger partial charge in [-0.25, -0.2) is 4.98 Å². The predicted octanol–water partition coefficient (Wildman–Crippen LogP) is 2.59. The molecule has 0 aromatic carbocycles. The standard InChI is InChI=1S/C19H17N7O2/c1-3-26(14-7-5-9-21-11-14)19(27)15-12-22-17(25(15)2)16-23-18(28-24-16)13-6-4-8-20-10-13/h4-12H,3H2,1-2H3. The van der Waals surface area contributed by atoms with Crippen molar-refractivity contribution in [3.05, 3.63) is 60.9 Å². The minimum Gasteiger partial charge on any atom is -0.333 e. The highest BCUT2D eigenvalue weighted by Crippen LogP contribution is 2.22. The molecular weight excluding hydrogens is 358 g/mol. The second-order valence-electron chi connectivity index (χ2n) is 5.95. The molecule has 0 atom stereocenters. The summed E-state index contributed by atoms with van der Waals surface area (Å²) < 4.78 is 6.96. The van der Waals surface area contributed by atoms with Crippen LogP contribution in [0.5, 0.6) is 0 Å². The SMILES string of the molecule is CCN(C(=O)c1cnc(-c2noc(-c3cccnc3)n2)n1C)c1cccnc1. The van der Waals surface area contributed by atoms with E-state index in [9.17, 15) is 4.79 Å². The van der Waals surface area contributed by atoms with Gasteiger partial charge >= 0.3 is 0 Å². The smallest absolute Gasteiger partial charge is 0.276 e. The van der Waals surface area contributed by atoms with Crippen LogP contribution >= 0.6 is 0 Å². The normalized spacial score (nSPS) is 10.8. The number of hydrogen-bond donors (Lipinski definition) is 0. The summed E-state index contributed by atoms with van der Waals surface area (Å²) in [6.07, 6.45) is 8.13. The van der Waals surface area contributed by atoms with Crippen LogP contribution in [0.2, 0.25) is 0 Å². The van der Waals surface area contributed by atoms with Crippen LogP contribution in [0.1, 0.15) is 17.4 Å². The Kier molecular flexibility index (Phi) is 4.63. The van der Waals surface area contributed by atoms with Crippen molar-refractivity contribution in [1.29, 1.82) is 0 Å². The zero-order valence-electron chi connectivity index (χ0n) is 15.4. The van der Waals surface area contributed by atoms with Gasteiger partial charge in [0.1, 0.15) is 5.69 Å². The third-order valence-corrected chi connectivity index (χ3v) is 4.26. The lowest BCUT2D eigenvalue weighted by Crippen LogP contribution is -2.32. The van der Waals surface area contributed by atoms with Gasteiger partial charge in [-0.1, -0.05) is 5.16 Å². The van der Waals surface area contributed by atoms with Crippen molar-refractivity contribution >= 4 is 11.6 Å². The molecule has 0 N–H and O–H groups in total. The number of pyridine rings is 2. The molecule has 0 aliphatic carbocycles. The van der Waals surface area contributed by atoms with Gasteiger partial charge in [-0.15, -0.1) is 0 Å². The van der Waals surface area contributed by atoms with E-state index < -0.39 is 0 Å². The molecule has 0 aliphatic heterocycles. The molecule has 0 saturated heterocycles. The van der Waals surface area contributed by atoms with Gasteiger partial charge in [-0.05, 0) is 31.2 Å². The van der Waals surface area contributed by atoms with E-state index in [0.717, 1.165) is 5.69 Å². The first kappa shape index (κ1) is 17.5. The van der Waals surface area contributed by atoms with Crippen molar-refractivity contribution in [2.45, 2.75) is 6.92 Å². The van der Waals surface area contributed by atoms with E-state index in [2.05, 4.69) is 25.1 Å². The highest BCUT2D eigenvalue weighted by atomic mass is 16.5. The first-order valence-corrected chi connectivity index (χ1v) is 8.67. The van der Waals surface area contributed by atoms with Crippen LogP contribution in [-0.2, 0) is 7.05 Å². The van der Waals surface area contributed by atoms with Crippen LogP contribution in [0.15, 0.2) is 59.8 Å². The third-order valence-electron chi connectivity index (χ3n) is 4.26. The van der Waals surface area contributed by atoms with Gasteiger partial charge in [0.15, 0.2) is 5.82 Å². The number of rotatable bonds is 5. The van der Waals surface area contributed by atoms with Crippen molar-refractivity contribution < 1.29 is 9.32 Å². The number of aromatic nitrogens is 6. The van der Waals surface area contributed by atoms with Gasteiger partial charge in [0, 0.05) is 32.2 Å². The van der Waals surface area contributed by atoms with Crippen LogP contribution in [-0.4, -0.2) is 42.1 Å².